The zero-order valence-corrected chi connectivity index (χ0v) is 11.9. The molecule has 1 amide bonds. The molecular weight excluding hydrogens is 240 g/mol. The Labute approximate surface area is 114 Å². The normalized spacial score (nSPS) is 22.6. The Morgan fingerprint density at radius 2 is 2.26 bits per heavy atom. The average Bonchev–Trinajstić information content (AvgIpc) is 2.83. The van der Waals surface area contributed by atoms with Gasteiger partial charge in [-0.3, -0.25) is 4.79 Å². The topological polar surface area (TPSA) is 57.3 Å². The van der Waals surface area contributed by atoms with Crippen LogP contribution in [0.2, 0.25) is 0 Å². The summed E-state index contributed by atoms with van der Waals surface area (Å²) in [6, 6.07) is 4.11. The van der Waals surface area contributed by atoms with Gasteiger partial charge in [-0.1, -0.05) is 6.07 Å². The minimum atomic E-state index is -0.305. The zero-order valence-electron chi connectivity index (χ0n) is 11.9. The third-order valence-corrected chi connectivity index (χ3v) is 3.76. The van der Waals surface area contributed by atoms with Crippen LogP contribution in [-0.4, -0.2) is 38.1 Å². The highest BCUT2D eigenvalue weighted by Crippen LogP contribution is 2.32. The average molecular weight is 262 g/mol. The Morgan fingerprint density at radius 1 is 1.47 bits per heavy atom. The van der Waals surface area contributed by atoms with Crippen LogP contribution in [0, 0.1) is 5.41 Å². The molecule has 1 fully saturated rings. The minimum absolute atomic E-state index is 0.113. The molecule has 1 aromatic rings. The summed E-state index contributed by atoms with van der Waals surface area (Å²) in [4.78, 5) is 18.5. The lowest BCUT2D eigenvalue weighted by molar-refractivity contribution is -0.128. The van der Waals surface area contributed by atoms with Crippen LogP contribution < -0.4 is 15.5 Å². The van der Waals surface area contributed by atoms with Gasteiger partial charge in [0.15, 0.2) is 0 Å². The molecule has 5 heteroatoms. The predicted octanol–water partition coefficient (Wildman–Crippen LogP) is 0.763. The predicted molar refractivity (Wildman–Crippen MR) is 76.0 cm³/mol. The maximum absolute atomic E-state index is 11.9. The lowest BCUT2D eigenvalue weighted by Gasteiger charge is -2.23. The van der Waals surface area contributed by atoms with Crippen molar-refractivity contribution in [2.45, 2.75) is 19.9 Å². The van der Waals surface area contributed by atoms with Gasteiger partial charge in [-0.15, -0.1) is 0 Å². The maximum Gasteiger partial charge on any atom is 0.227 e. The second kappa shape index (κ2) is 5.57. The highest BCUT2D eigenvalue weighted by atomic mass is 16.2. The van der Waals surface area contributed by atoms with Gasteiger partial charge in [-0.2, -0.15) is 0 Å². The fourth-order valence-electron chi connectivity index (χ4n) is 2.56. The Bertz CT molecular complexity index is 445. The molecule has 0 saturated carbocycles. The maximum atomic E-state index is 11.9. The third-order valence-electron chi connectivity index (χ3n) is 3.76. The van der Waals surface area contributed by atoms with Crippen LogP contribution in [0.5, 0.6) is 0 Å². The first-order chi connectivity index (χ1) is 9.09. The van der Waals surface area contributed by atoms with Gasteiger partial charge < -0.3 is 15.5 Å². The summed E-state index contributed by atoms with van der Waals surface area (Å²) in [5, 5.41) is 5.85. The molecule has 1 saturated heterocycles. The zero-order chi connectivity index (χ0) is 13.9. The Balaban J connectivity index is 2.06. The summed E-state index contributed by atoms with van der Waals surface area (Å²) in [7, 11) is 3.62. The number of nitrogens with zero attached hydrogens (tertiary/aromatic N) is 2. The molecule has 0 aromatic carbocycles. The van der Waals surface area contributed by atoms with Gasteiger partial charge in [0.1, 0.15) is 5.82 Å². The van der Waals surface area contributed by atoms with E-state index in [-0.39, 0.29) is 11.3 Å². The first-order valence-corrected chi connectivity index (χ1v) is 6.66. The van der Waals surface area contributed by atoms with Gasteiger partial charge in [-0.25, -0.2) is 4.98 Å². The molecule has 2 rings (SSSR count). The van der Waals surface area contributed by atoms with Crippen molar-refractivity contribution in [1.29, 1.82) is 0 Å². The summed E-state index contributed by atoms with van der Waals surface area (Å²) in [5.41, 5.74) is 0.861. The van der Waals surface area contributed by atoms with Gasteiger partial charge >= 0.3 is 0 Å². The summed E-state index contributed by atoms with van der Waals surface area (Å²) in [6.07, 6.45) is 2.76. The number of carbonyl (C=O) groups excluding carboxylic acids is 1. The van der Waals surface area contributed by atoms with Crippen molar-refractivity contribution in [2.24, 2.45) is 5.41 Å². The fourth-order valence-corrected chi connectivity index (χ4v) is 2.56. The van der Waals surface area contributed by atoms with E-state index in [4.69, 9.17) is 0 Å². The molecule has 5 nitrogen and oxygen atoms in total. The van der Waals surface area contributed by atoms with Crippen LogP contribution in [0.15, 0.2) is 18.3 Å². The SMILES string of the molecule is CNCc1ccc(N2CCC(C)(C(=O)NC)C2)nc1. The third kappa shape index (κ3) is 2.87. The molecule has 1 atom stereocenters. The molecule has 104 valence electrons. The van der Waals surface area contributed by atoms with Gasteiger partial charge in [0, 0.05) is 32.9 Å². The highest BCUT2D eigenvalue weighted by molar-refractivity contribution is 5.83. The van der Waals surface area contributed by atoms with E-state index in [1.165, 1.54) is 5.56 Å². The van der Waals surface area contributed by atoms with Crippen LogP contribution in [0.3, 0.4) is 0 Å². The molecule has 2 N–H and O–H groups in total. The van der Waals surface area contributed by atoms with Crippen molar-refractivity contribution < 1.29 is 4.79 Å². The number of hydrogen-bond donors (Lipinski definition) is 2. The number of amides is 1. The van der Waals surface area contributed by atoms with Gasteiger partial charge in [0.2, 0.25) is 5.91 Å². The summed E-state index contributed by atoms with van der Waals surface area (Å²) in [5.74, 6) is 1.06. The fraction of sp³-hybridized carbons (Fsp3) is 0.571. The molecule has 0 aliphatic carbocycles. The van der Waals surface area contributed by atoms with Crippen molar-refractivity contribution in [3.05, 3.63) is 23.9 Å². The van der Waals surface area contributed by atoms with Crippen LogP contribution in [0.25, 0.3) is 0 Å². The van der Waals surface area contributed by atoms with E-state index in [0.29, 0.717) is 0 Å². The van der Waals surface area contributed by atoms with E-state index in [1.54, 1.807) is 7.05 Å². The number of aromatic nitrogens is 1. The lowest BCUT2D eigenvalue weighted by Crippen LogP contribution is -2.39. The van der Waals surface area contributed by atoms with Crippen LogP contribution in [0.1, 0.15) is 18.9 Å². The number of nitrogens with one attached hydrogen (secondary N) is 2. The number of carbonyl (C=O) groups is 1. The largest absolute Gasteiger partial charge is 0.359 e. The number of hydrogen-bond acceptors (Lipinski definition) is 4. The number of pyridine rings is 1. The monoisotopic (exact) mass is 262 g/mol. The van der Waals surface area contributed by atoms with E-state index in [2.05, 4.69) is 26.6 Å². The van der Waals surface area contributed by atoms with Crippen molar-refractivity contribution in [3.8, 4) is 0 Å². The summed E-state index contributed by atoms with van der Waals surface area (Å²) in [6.45, 7) is 4.44. The van der Waals surface area contributed by atoms with Gasteiger partial charge in [-0.05, 0) is 32.0 Å². The van der Waals surface area contributed by atoms with E-state index >= 15 is 0 Å². The second-order valence-corrected chi connectivity index (χ2v) is 5.37. The van der Waals surface area contributed by atoms with Crippen molar-refractivity contribution >= 4 is 11.7 Å². The van der Waals surface area contributed by atoms with Crippen molar-refractivity contribution in [3.63, 3.8) is 0 Å². The molecule has 1 aromatic heterocycles. The highest BCUT2D eigenvalue weighted by Gasteiger charge is 2.40. The second-order valence-electron chi connectivity index (χ2n) is 5.37. The van der Waals surface area contributed by atoms with E-state index in [9.17, 15) is 4.79 Å². The summed E-state index contributed by atoms with van der Waals surface area (Å²) < 4.78 is 0. The van der Waals surface area contributed by atoms with Gasteiger partial charge in [0.25, 0.3) is 0 Å². The molecule has 0 spiro atoms. The molecule has 0 radical (unpaired) electrons. The van der Waals surface area contributed by atoms with Gasteiger partial charge in [0.05, 0.1) is 5.41 Å². The van der Waals surface area contributed by atoms with E-state index in [1.807, 2.05) is 26.2 Å². The van der Waals surface area contributed by atoms with Crippen LogP contribution >= 0.6 is 0 Å². The molecule has 1 aliphatic rings. The molecule has 0 bridgehead atoms. The molecular formula is C14H22N4O. The first-order valence-electron chi connectivity index (χ1n) is 6.66. The number of rotatable bonds is 4. The minimum Gasteiger partial charge on any atom is -0.359 e. The van der Waals surface area contributed by atoms with E-state index < -0.39 is 0 Å². The standard InChI is InChI=1S/C14H22N4O/c1-14(13(19)16-3)6-7-18(10-14)12-5-4-11(8-15-2)9-17-12/h4-5,9,15H,6-8,10H2,1-3H3,(H,16,19). The molecule has 19 heavy (non-hydrogen) atoms. The smallest absolute Gasteiger partial charge is 0.227 e. The van der Waals surface area contributed by atoms with Crippen LogP contribution in [0.4, 0.5) is 5.82 Å². The first kappa shape index (κ1) is 13.8. The van der Waals surface area contributed by atoms with Crippen molar-refractivity contribution in [2.75, 3.05) is 32.1 Å². The Kier molecular flexibility index (Phi) is 4.04. The van der Waals surface area contributed by atoms with E-state index in [0.717, 1.165) is 31.9 Å². The lowest BCUT2D eigenvalue weighted by atomic mass is 9.89. The molecule has 1 aliphatic heterocycles. The molecule has 2 heterocycles. The summed E-state index contributed by atoms with van der Waals surface area (Å²) >= 11 is 0. The van der Waals surface area contributed by atoms with Crippen LogP contribution in [-0.2, 0) is 11.3 Å². The molecule has 1 unspecified atom stereocenters. The van der Waals surface area contributed by atoms with Crippen molar-refractivity contribution in [1.82, 2.24) is 15.6 Å². The Hall–Kier alpha value is -1.62. The quantitative estimate of drug-likeness (QED) is 0.841. The Morgan fingerprint density at radius 3 is 2.84 bits per heavy atom. The number of anilines is 1.